The molecule has 0 radical (unpaired) electrons. The highest BCUT2D eigenvalue weighted by Crippen LogP contribution is 2.06. The number of hydrogen-bond donors (Lipinski definition) is 3. The van der Waals surface area contributed by atoms with Crippen LogP contribution in [0.15, 0.2) is 0 Å². The van der Waals surface area contributed by atoms with E-state index in [0.717, 1.165) is 44.9 Å². The van der Waals surface area contributed by atoms with Crippen LogP contribution in [0.25, 0.3) is 0 Å². The molecular formula is C24H48O6. The Kier molecular flexibility index (Phi) is 32.6. The second-order valence-corrected chi connectivity index (χ2v) is 7.67. The van der Waals surface area contributed by atoms with Gasteiger partial charge in [0.15, 0.2) is 0 Å². The van der Waals surface area contributed by atoms with E-state index in [4.69, 9.17) is 15.3 Å². The van der Waals surface area contributed by atoms with Gasteiger partial charge in [-0.2, -0.15) is 0 Å². The molecule has 0 aromatic carbocycles. The summed E-state index contributed by atoms with van der Waals surface area (Å²) in [5.74, 6) is -2.01. The Morgan fingerprint density at radius 1 is 0.400 bits per heavy atom. The Bertz CT molecular complexity index is 382. The van der Waals surface area contributed by atoms with Crippen LogP contribution in [-0.4, -0.2) is 33.2 Å². The third-order valence-corrected chi connectivity index (χ3v) is 4.48. The van der Waals surface area contributed by atoms with Gasteiger partial charge in [-0.05, 0) is 19.3 Å². The molecule has 6 nitrogen and oxygen atoms in total. The summed E-state index contributed by atoms with van der Waals surface area (Å²) in [6.45, 7) is 6.44. The Morgan fingerprint density at radius 2 is 0.600 bits per heavy atom. The molecule has 3 N–H and O–H groups in total. The number of hydrogen-bond acceptors (Lipinski definition) is 3. The Labute approximate surface area is 184 Å². The van der Waals surface area contributed by atoms with Gasteiger partial charge in [-0.25, -0.2) is 0 Å². The lowest BCUT2D eigenvalue weighted by Crippen LogP contribution is -1.93. The van der Waals surface area contributed by atoms with Crippen LogP contribution in [0, 0.1) is 0 Å². The minimum atomic E-state index is -0.675. The average molecular weight is 433 g/mol. The molecule has 0 aliphatic rings. The van der Waals surface area contributed by atoms with E-state index in [2.05, 4.69) is 20.8 Å². The van der Waals surface area contributed by atoms with Crippen molar-refractivity contribution >= 4 is 17.9 Å². The van der Waals surface area contributed by atoms with E-state index in [9.17, 15) is 14.4 Å². The molecule has 0 heterocycles. The molecule has 0 saturated heterocycles. The fraction of sp³-hybridized carbons (Fsp3) is 0.875. The zero-order valence-electron chi connectivity index (χ0n) is 19.8. The monoisotopic (exact) mass is 432 g/mol. The highest BCUT2D eigenvalue weighted by Gasteiger charge is 1.96. The fourth-order valence-corrected chi connectivity index (χ4v) is 2.64. The zero-order valence-corrected chi connectivity index (χ0v) is 19.8. The fourth-order valence-electron chi connectivity index (χ4n) is 2.64. The normalized spacial score (nSPS) is 9.70. The molecule has 0 aromatic heterocycles. The largest absolute Gasteiger partial charge is 0.481 e. The topological polar surface area (TPSA) is 112 Å². The van der Waals surface area contributed by atoms with Crippen molar-refractivity contribution in [3.63, 3.8) is 0 Å². The molecule has 0 bridgehead atoms. The minimum Gasteiger partial charge on any atom is -0.481 e. The maximum absolute atomic E-state index is 10.1. The second-order valence-electron chi connectivity index (χ2n) is 7.67. The average Bonchev–Trinajstić information content (AvgIpc) is 2.68. The van der Waals surface area contributed by atoms with E-state index in [1.165, 1.54) is 51.4 Å². The van der Waals surface area contributed by atoms with Gasteiger partial charge in [0.2, 0.25) is 0 Å². The summed E-state index contributed by atoms with van der Waals surface area (Å²) in [5.41, 5.74) is 0. The van der Waals surface area contributed by atoms with Crippen molar-refractivity contribution in [2.75, 3.05) is 0 Å². The Balaban J connectivity index is -0.000000366. The van der Waals surface area contributed by atoms with Gasteiger partial charge in [-0.1, -0.05) is 97.8 Å². The number of unbranched alkanes of at least 4 members (excludes halogenated alkanes) is 12. The maximum Gasteiger partial charge on any atom is 0.303 e. The van der Waals surface area contributed by atoms with Crippen LogP contribution in [0.4, 0.5) is 0 Å². The summed E-state index contributed by atoms with van der Waals surface area (Å²) in [6.07, 6.45) is 17.7. The number of aliphatic carboxylic acids is 3. The Morgan fingerprint density at radius 3 is 0.833 bits per heavy atom. The van der Waals surface area contributed by atoms with Gasteiger partial charge in [-0.3, -0.25) is 14.4 Å². The van der Waals surface area contributed by atoms with E-state index in [-0.39, 0.29) is 0 Å². The van der Waals surface area contributed by atoms with E-state index in [1.54, 1.807) is 0 Å². The van der Waals surface area contributed by atoms with Crippen LogP contribution in [0.5, 0.6) is 0 Å². The van der Waals surface area contributed by atoms with Gasteiger partial charge in [0.1, 0.15) is 0 Å². The number of rotatable bonds is 18. The molecule has 180 valence electrons. The molecule has 0 spiro atoms. The maximum atomic E-state index is 10.1. The molecule has 0 amide bonds. The van der Waals surface area contributed by atoms with E-state index in [1.807, 2.05) is 0 Å². The first-order valence-electron chi connectivity index (χ1n) is 12.0. The zero-order chi connectivity index (χ0) is 23.5. The predicted molar refractivity (Wildman–Crippen MR) is 123 cm³/mol. The third-order valence-electron chi connectivity index (χ3n) is 4.48. The molecule has 0 unspecified atom stereocenters. The SMILES string of the molecule is CCCCCCC(=O)O.CCCCCCCC(=O)O.CCCCCCCCC(=O)O. The van der Waals surface area contributed by atoms with Gasteiger partial charge in [0.25, 0.3) is 0 Å². The molecule has 6 heteroatoms. The van der Waals surface area contributed by atoms with Crippen molar-refractivity contribution in [3.05, 3.63) is 0 Å². The van der Waals surface area contributed by atoms with Crippen molar-refractivity contribution in [1.82, 2.24) is 0 Å². The lowest BCUT2D eigenvalue weighted by molar-refractivity contribution is -0.138. The van der Waals surface area contributed by atoms with Crippen LogP contribution in [0.3, 0.4) is 0 Å². The van der Waals surface area contributed by atoms with Gasteiger partial charge >= 0.3 is 17.9 Å². The number of carbonyl (C=O) groups is 3. The van der Waals surface area contributed by atoms with E-state index >= 15 is 0 Å². The summed E-state index contributed by atoms with van der Waals surface area (Å²) < 4.78 is 0. The van der Waals surface area contributed by atoms with E-state index in [0.29, 0.717) is 19.3 Å². The summed E-state index contributed by atoms with van der Waals surface area (Å²) in [7, 11) is 0. The molecule has 0 saturated carbocycles. The van der Waals surface area contributed by atoms with Crippen LogP contribution >= 0.6 is 0 Å². The first-order valence-corrected chi connectivity index (χ1v) is 12.0. The number of carboxylic acids is 3. The highest BCUT2D eigenvalue weighted by atomic mass is 16.4. The van der Waals surface area contributed by atoms with Crippen molar-refractivity contribution in [3.8, 4) is 0 Å². The van der Waals surface area contributed by atoms with Crippen molar-refractivity contribution in [2.45, 2.75) is 136 Å². The molecule has 0 atom stereocenters. The van der Waals surface area contributed by atoms with Crippen molar-refractivity contribution in [1.29, 1.82) is 0 Å². The standard InChI is InChI=1S/C9H18O2.C8H16O2.C7H14O2/c1-2-3-4-5-6-7-8-9(10)11;1-2-3-4-5-6-7-8(9)10;1-2-3-4-5-6-7(8)9/h2-8H2,1H3,(H,10,11);2-7H2,1H3,(H,9,10);2-6H2,1H3,(H,8,9). The molecule has 30 heavy (non-hydrogen) atoms. The summed E-state index contributed by atoms with van der Waals surface area (Å²) in [5, 5.41) is 24.8. The lowest BCUT2D eigenvalue weighted by atomic mass is 10.1. The van der Waals surface area contributed by atoms with E-state index < -0.39 is 17.9 Å². The van der Waals surface area contributed by atoms with Gasteiger partial charge in [0.05, 0.1) is 0 Å². The quantitative estimate of drug-likeness (QED) is 0.196. The van der Waals surface area contributed by atoms with Crippen LogP contribution in [-0.2, 0) is 14.4 Å². The van der Waals surface area contributed by atoms with Crippen molar-refractivity contribution in [2.24, 2.45) is 0 Å². The van der Waals surface area contributed by atoms with Crippen LogP contribution in [0.1, 0.15) is 136 Å². The Hall–Kier alpha value is -1.59. The molecule has 0 fully saturated rings. The number of carboxylic acid groups (broad SMARTS) is 3. The first-order chi connectivity index (χ1) is 14.3. The lowest BCUT2D eigenvalue weighted by Gasteiger charge is -1.97. The molecule has 0 aliphatic carbocycles. The van der Waals surface area contributed by atoms with Crippen LogP contribution < -0.4 is 0 Å². The van der Waals surface area contributed by atoms with Crippen LogP contribution in [0.2, 0.25) is 0 Å². The van der Waals surface area contributed by atoms with Gasteiger partial charge < -0.3 is 15.3 Å². The summed E-state index contributed by atoms with van der Waals surface area (Å²) >= 11 is 0. The second kappa shape index (κ2) is 29.6. The first kappa shape index (κ1) is 33.1. The summed E-state index contributed by atoms with van der Waals surface area (Å²) in [6, 6.07) is 0. The van der Waals surface area contributed by atoms with Crippen molar-refractivity contribution < 1.29 is 29.7 Å². The molecule has 0 aliphatic heterocycles. The molecule has 0 rings (SSSR count). The summed E-state index contributed by atoms with van der Waals surface area (Å²) in [4.78, 5) is 30.1. The van der Waals surface area contributed by atoms with Gasteiger partial charge in [-0.15, -0.1) is 0 Å². The predicted octanol–water partition coefficient (Wildman–Crippen LogP) is 7.29. The van der Waals surface area contributed by atoms with Gasteiger partial charge in [0, 0.05) is 19.3 Å². The minimum absolute atomic E-state index is 0.333. The highest BCUT2D eigenvalue weighted by molar-refractivity contribution is 5.67. The smallest absolute Gasteiger partial charge is 0.303 e. The molecular weight excluding hydrogens is 384 g/mol. The third kappa shape index (κ3) is 45.3. The molecule has 0 aromatic rings.